The normalized spacial score (nSPS) is 17.2. The molecule has 1 saturated carbocycles. The second-order valence-electron chi connectivity index (χ2n) is 5.64. The van der Waals surface area contributed by atoms with Crippen molar-refractivity contribution < 1.29 is 9.47 Å². The first-order valence-electron chi connectivity index (χ1n) is 7.71. The van der Waals surface area contributed by atoms with Crippen LogP contribution in [0.3, 0.4) is 0 Å². The molecule has 0 atom stereocenters. The average molecular weight is 293 g/mol. The van der Waals surface area contributed by atoms with E-state index in [1.54, 1.807) is 20.4 Å². The molecular formula is C16H27N3O2. The van der Waals surface area contributed by atoms with Gasteiger partial charge in [0.1, 0.15) is 5.69 Å². The van der Waals surface area contributed by atoms with Crippen LogP contribution in [0, 0.1) is 0 Å². The van der Waals surface area contributed by atoms with Gasteiger partial charge in [0, 0.05) is 30.9 Å². The van der Waals surface area contributed by atoms with E-state index < -0.39 is 0 Å². The van der Waals surface area contributed by atoms with E-state index in [0.717, 1.165) is 30.3 Å². The molecular weight excluding hydrogens is 266 g/mol. The number of ether oxygens (including phenoxy) is 2. The second kappa shape index (κ2) is 7.09. The van der Waals surface area contributed by atoms with Crippen LogP contribution in [-0.4, -0.2) is 42.7 Å². The number of hydrogen-bond acceptors (Lipinski definition) is 5. The lowest BCUT2D eigenvalue weighted by molar-refractivity contribution is 0.0943. The smallest absolute Gasteiger partial charge is 0.183 e. The molecule has 5 nitrogen and oxygen atoms in total. The summed E-state index contributed by atoms with van der Waals surface area (Å²) in [4.78, 5) is 6.94. The van der Waals surface area contributed by atoms with Crippen molar-refractivity contribution in [1.29, 1.82) is 0 Å². The van der Waals surface area contributed by atoms with Crippen LogP contribution in [0.5, 0.6) is 11.5 Å². The van der Waals surface area contributed by atoms with Gasteiger partial charge in [-0.25, -0.2) is 0 Å². The lowest BCUT2D eigenvalue weighted by Crippen LogP contribution is -2.51. The fourth-order valence-electron chi connectivity index (χ4n) is 3.44. The van der Waals surface area contributed by atoms with E-state index in [2.05, 4.69) is 16.8 Å². The van der Waals surface area contributed by atoms with E-state index in [-0.39, 0.29) is 5.54 Å². The minimum atomic E-state index is 0.116. The van der Waals surface area contributed by atoms with Crippen molar-refractivity contribution in [1.82, 2.24) is 9.88 Å². The predicted molar refractivity (Wildman–Crippen MR) is 83.7 cm³/mol. The summed E-state index contributed by atoms with van der Waals surface area (Å²) in [6.07, 6.45) is 6.63. The van der Waals surface area contributed by atoms with Crippen molar-refractivity contribution in [2.24, 2.45) is 5.73 Å². The summed E-state index contributed by atoms with van der Waals surface area (Å²) in [5.74, 6) is 1.45. The van der Waals surface area contributed by atoms with E-state index in [9.17, 15) is 0 Å². The Morgan fingerprint density at radius 1 is 1.29 bits per heavy atom. The Morgan fingerprint density at radius 2 is 2.00 bits per heavy atom. The number of rotatable bonds is 7. The van der Waals surface area contributed by atoms with Crippen LogP contribution in [0.4, 0.5) is 0 Å². The first-order valence-corrected chi connectivity index (χ1v) is 7.71. The molecule has 0 bridgehead atoms. The summed E-state index contributed by atoms with van der Waals surface area (Å²) in [6.45, 7) is 4.59. The Kier molecular flexibility index (Phi) is 5.42. The van der Waals surface area contributed by atoms with Gasteiger partial charge in [0.25, 0.3) is 0 Å². The molecule has 1 aliphatic rings. The Bertz CT molecular complexity index is 459. The molecule has 0 radical (unpaired) electrons. The fourth-order valence-corrected chi connectivity index (χ4v) is 3.44. The van der Waals surface area contributed by atoms with Gasteiger partial charge in [0.05, 0.1) is 14.2 Å². The highest BCUT2D eigenvalue weighted by atomic mass is 16.5. The number of likely N-dealkylation sites (N-methyl/N-ethyl adjacent to an activating group) is 1. The molecule has 1 aromatic heterocycles. The SMILES string of the molecule is CCN(Cc1nccc(OC)c1OC)C1(CN)CCCC1. The van der Waals surface area contributed by atoms with Gasteiger partial charge in [-0.15, -0.1) is 0 Å². The van der Waals surface area contributed by atoms with Crippen molar-refractivity contribution in [2.45, 2.75) is 44.7 Å². The van der Waals surface area contributed by atoms with E-state index in [1.807, 2.05) is 6.07 Å². The van der Waals surface area contributed by atoms with E-state index >= 15 is 0 Å². The van der Waals surface area contributed by atoms with Gasteiger partial charge in [-0.2, -0.15) is 0 Å². The summed E-state index contributed by atoms with van der Waals surface area (Å²) in [6, 6.07) is 1.83. The van der Waals surface area contributed by atoms with Gasteiger partial charge in [-0.3, -0.25) is 9.88 Å². The van der Waals surface area contributed by atoms with Gasteiger partial charge in [0.2, 0.25) is 0 Å². The highest BCUT2D eigenvalue weighted by Gasteiger charge is 2.38. The molecule has 21 heavy (non-hydrogen) atoms. The largest absolute Gasteiger partial charge is 0.493 e. The highest BCUT2D eigenvalue weighted by Crippen LogP contribution is 2.37. The molecule has 1 aliphatic carbocycles. The Labute approximate surface area is 127 Å². The fraction of sp³-hybridized carbons (Fsp3) is 0.688. The maximum absolute atomic E-state index is 6.11. The molecule has 2 N–H and O–H groups in total. The second-order valence-corrected chi connectivity index (χ2v) is 5.64. The standard InChI is InChI=1S/C16H27N3O2/c1-4-19(16(12-17)8-5-6-9-16)11-13-15(21-3)14(20-2)7-10-18-13/h7,10H,4-6,8-9,11-12,17H2,1-3H3. The third-order valence-electron chi connectivity index (χ3n) is 4.67. The Morgan fingerprint density at radius 3 is 2.52 bits per heavy atom. The first kappa shape index (κ1) is 16.0. The molecule has 118 valence electrons. The summed E-state index contributed by atoms with van der Waals surface area (Å²) in [7, 11) is 3.31. The molecule has 0 aromatic carbocycles. The minimum absolute atomic E-state index is 0.116. The molecule has 0 unspecified atom stereocenters. The Hall–Kier alpha value is -1.33. The van der Waals surface area contributed by atoms with Crippen molar-refractivity contribution in [3.05, 3.63) is 18.0 Å². The van der Waals surface area contributed by atoms with Crippen LogP contribution in [0.25, 0.3) is 0 Å². The van der Waals surface area contributed by atoms with E-state index in [4.69, 9.17) is 15.2 Å². The molecule has 0 aliphatic heterocycles. The van der Waals surface area contributed by atoms with Crippen molar-refractivity contribution >= 4 is 0 Å². The molecule has 0 spiro atoms. The maximum atomic E-state index is 6.11. The number of aromatic nitrogens is 1. The molecule has 2 rings (SSSR count). The topological polar surface area (TPSA) is 60.6 Å². The summed E-state index contributed by atoms with van der Waals surface area (Å²) in [5.41, 5.74) is 7.14. The minimum Gasteiger partial charge on any atom is -0.493 e. The van der Waals surface area contributed by atoms with Crippen molar-refractivity contribution in [3.63, 3.8) is 0 Å². The van der Waals surface area contributed by atoms with Crippen LogP contribution < -0.4 is 15.2 Å². The van der Waals surface area contributed by atoms with Crippen LogP contribution >= 0.6 is 0 Å². The number of nitrogens with two attached hydrogens (primary N) is 1. The third kappa shape index (κ3) is 3.14. The van der Waals surface area contributed by atoms with Gasteiger partial charge in [-0.05, 0) is 19.4 Å². The van der Waals surface area contributed by atoms with Gasteiger partial charge < -0.3 is 15.2 Å². The van der Waals surface area contributed by atoms with Crippen LogP contribution in [0.2, 0.25) is 0 Å². The summed E-state index contributed by atoms with van der Waals surface area (Å²) >= 11 is 0. The summed E-state index contributed by atoms with van der Waals surface area (Å²) < 4.78 is 10.9. The lowest BCUT2D eigenvalue weighted by atomic mass is 9.94. The van der Waals surface area contributed by atoms with E-state index in [0.29, 0.717) is 6.54 Å². The zero-order valence-electron chi connectivity index (χ0n) is 13.4. The monoisotopic (exact) mass is 293 g/mol. The number of hydrogen-bond donors (Lipinski definition) is 1. The van der Waals surface area contributed by atoms with Gasteiger partial charge in [-0.1, -0.05) is 19.8 Å². The molecule has 5 heteroatoms. The summed E-state index contributed by atoms with van der Waals surface area (Å²) in [5, 5.41) is 0. The molecule has 1 heterocycles. The maximum Gasteiger partial charge on any atom is 0.183 e. The van der Waals surface area contributed by atoms with Crippen molar-refractivity contribution in [2.75, 3.05) is 27.3 Å². The molecule has 0 amide bonds. The predicted octanol–water partition coefficient (Wildman–Crippen LogP) is 2.19. The first-order chi connectivity index (χ1) is 10.2. The number of nitrogens with zero attached hydrogens (tertiary/aromatic N) is 2. The Balaban J connectivity index is 2.26. The van der Waals surface area contributed by atoms with Crippen molar-refractivity contribution in [3.8, 4) is 11.5 Å². The zero-order chi connectivity index (χ0) is 15.3. The number of methoxy groups -OCH3 is 2. The van der Waals surface area contributed by atoms with Crippen LogP contribution in [0.15, 0.2) is 12.3 Å². The molecule has 1 fully saturated rings. The van der Waals surface area contributed by atoms with Crippen LogP contribution in [0.1, 0.15) is 38.3 Å². The van der Waals surface area contributed by atoms with Gasteiger partial charge >= 0.3 is 0 Å². The zero-order valence-corrected chi connectivity index (χ0v) is 13.4. The highest BCUT2D eigenvalue weighted by molar-refractivity contribution is 5.42. The quantitative estimate of drug-likeness (QED) is 0.835. The van der Waals surface area contributed by atoms with Crippen LogP contribution in [-0.2, 0) is 6.54 Å². The average Bonchev–Trinajstić information content (AvgIpc) is 3.02. The number of pyridine rings is 1. The molecule has 0 saturated heterocycles. The van der Waals surface area contributed by atoms with Gasteiger partial charge in [0.15, 0.2) is 11.5 Å². The third-order valence-corrected chi connectivity index (χ3v) is 4.67. The van der Waals surface area contributed by atoms with E-state index in [1.165, 1.54) is 25.7 Å². The molecule has 1 aromatic rings. The lowest BCUT2D eigenvalue weighted by Gasteiger charge is -2.40.